The molecule has 0 unspecified atom stereocenters. The van der Waals surface area contributed by atoms with Gasteiger partial charge < -0.3 is 5.73 Å². The summed E-state index contributed by atoms with van der Waals surface area (Å²) in [5, 5.41) is 1.71. The number of nitrogens with one attached hydrogen (secondary N) is 1. The van der Waals surface area contributed by atoms with Crippen LogP contribution in [0.2, 0.25) is 0 Å². The molecule has 2 rings (SSSR count). The Kier molecular flexibility index (Phi) is 4.31. The smallest absolute Gasteiger partial charge is 0.250 e. The van der Waals surface area contributed by atoms with Crippen molar-refractivity contribution < 1.29 is 12.8 Å². The van der Waals surface area contributed by atoms with E-state index in [2.05, 4.69) is 4.72 Å². The molecule has 1 aromatic carbocycles. The van der Waals surface area contributed by atoms with Crippen LogP contribution < -0.4 is 10.5 Å². The summed E-state index contributed by atoms with van der Waals surface area (Å²) in [4.78, 5) is 0. The van der Waals surface area contributed by atoms with Crippen molar-refractivity contribution in [3.05, 3.63) is 52.7 Å². The maximum absolute atomic E-state index is 12.7. The molecular formula is C12H13FN2O2S2. The van der Waals surface area contributed by atoms with E-state index >= 15 is 0 Å². The third-order valence-electron chi connectivity index (χ3n) is 2.51. The van der Waals surface area contributed by atoms with Crippen molar-refractivity contribution in [3.8, 4) is 0 Å². The molecule has 0 amide bonds. The molecule has 7 heteroatoms. The lowest BCUT2D eigenvalue weighted by Crippen LogP contribution is -2.22. The van der Waals surface area contributed by atoms with E-state index < -0.39 is 10.0 Å². The highest BCUT2D eigenvalue weighted by Gasteiger charge is 2.16. The maximum Gasteiger partial charge on any atom is 0.250 e. The van der Waals surface area contributed by atoms with Crippen LogP contribution in [0.4, 0.5) is 4.39 Å². The van der Waals surface area contributed by atoms with Crippen LogP contribution in [0.5, 0.6) is 0 Å². The molecule has 0 aliphatic carbocycles. The third kappa shape index (κ3) is 3.60. The fourth-order valence-electron chi connectivity index (χ4n) is 1.45. The van der Waals surface area contributed by atoms with Gasteiger partial charge in [0.1, 0.15) is 10.0 Å². The highest BCUT2D eigenvalue weighted by molar-refractivity contribution is 7.91. The van der Waals surface area contributed by atoms with Gasteiger partial charge >= 0.3 is 0 Å². The molecule has 0 saturated heterocycles. The van der Waals surface area contributed by atoms with Crippen LogP contribution in [0.25, 0.3) is 0 Å². The van der Waals surface area contributed by atoms with Crippen molar-refractivity contribution in [2.45, 2.75) is 17.3 Å². The van der Waals surface area contributed by atoms with Gasteiger partial charge in [0.05, 0.1) is 0 Å². The van der Waals surface area contributed by atoms with Crippen LogP contribution in [0.1, 0.15) is 11.1 Å². The van der Waals surface area contributed by atoms with Crippen molar-refractivity contribution >= 4 is 21.4 Å². The van der Waals surface area contributed by atoms with E-state index in [1.807, 2.05) is 0 Å². The number of hydrogen-bond donors (Lipinski definition) is 2. The topological polar surface area (TPSA) is 72.2 Å². The molecule has 0 saturated carbocycles. The number of hydrogen-bond acceptors (Lipinski definition) is 4. The zero-order valence-electron chi connectivity index (χ0n) is 9.97. The second-order valence-corrected chi connectivity index (χ2v) is 6.83. The highest BCUT2D eigenvalue weighted by atomic mass is 32.2. The molecule has 0 radical (unpaired) electrons. The second kappa shape index (κ2) is 5.79. The van der Waals surface area contributed by atoms with Crippen molar-refractivity contribution in [1.29, 1.82) is 0 Å². The molecule has 2 aromatic rings. The van der Waals surface area contributed by atoms with E-state index in [-0.39, 0.29) is 16.6 Å². The lowest BCUT2D eigenvalue weighted by Gasteiger charge is -2.04. The molecule has 0 fully saturated rings. The third-order valence-corrected chi connectivity index (χ3v) is 5.40. The van der Waals surface area contributed by atoms with Crippen LogP contribution >= 0.6 is 11.3 Å². The van der Waals surface area contributed by atoms with Gasteiger partial charge in [-0.1, -0.05) is 12.1 Å². The average Bonchev–Trinajstić information content (AvgIpc) is 2.88. The largest absolute Gasteiger partial charge is 0.326 e. The van der Waals surface area contributed by atoms with Gasteiger partial charge in [-0.25, -0.2) is 17.5 Å². The molecule has 19 heavy (non-hydrogen) atoms. The molecule has 1 heterocycles. The molecule has 1 aromatic heterocycles. The lowest BCUT2D eigenvalue weighted by molar-refractivity contribution is 0.583. The number of benzene rings is 1. The van der Waals surface area contributed by atoms with Crippen molar-refractivity contribution in [2.75, 3.05) is 0 Å². The summed E-state index contributed by atoms with van der Waals surface area (Å²) in [7, 11) is -3.54. The van der Waals surface area contributed by atoms with Gasteiger partial charge in [-0.15, -0.1) is 11.3 Å². The first-order chi connectivity index (χ1) is 9.01. The first-order valence-corrected chi connectivity index (χ1v) is 7.89. The normalized spacial score (nSPS) is 11.7. The van der Waals surface area contributed by atoms with Gasteiger partial charge in [0.25, 0.3) is 0 Å². The number of sulfonamides is 1. The summed E-state index contributed by atoms with van der Waals surface area (Å²) in [5.74, 6) is -0.350. The molecule has 0 bridgehead atoms. The molecule has 0 spiro atoms. The Labute approximate surface area is 115 Å². The summed E-state index contributed by atoms with van der Waals surface area (Å²) in [5.41, 5.74) is 6.92. The van der Waals surface area contributed by atoms with Crippen LogP contribution in [-0.2, 0) is 23.1 Å². The van der Waals surface area contributed by atoms with Crippen LogP contribution in [0, 0.1) is 5.82 Å². The highest BCUT2D eigenvalue weighted by Crippen LogP contribution is 2.20. The molecule has 3 N–H and O–H groups in total. The lowest BCUT2D eigenvalue weighted by atomic mass is 10.2. The minimum atomic E-state index is -3.54. The average molecular weight is 300 g/mol. The van der Waals surface area contributed by atoms with Gasteiger partial charge in [0.15, 0.2) is 0 Å². The van der Waals surface area contributed by atoms with Crippen LogP contribution in [-0.4, -0.2) is 8.42 Å². The van der Waals surface area contributed by atoms with E-state index in [9.17, 15) is 12.8 Å². The molecule has 102 valence electrons. The second-order valence-electron chi connectivity index (χ2n) is 3.93. The molecule has 0 aliphatic heterocycles. The number of rotatable bonds is 5. The molecule has 0 atom stereocenters. The summed E-state index contributed by atoms with van der Waals surface area (Å²) in [6.07, 6.45) is 0. The summed E-state index contributed by atoms with van der Waals surface area (Å²) in [6.45, 7) is 0.433. The van der Waals surface area contributed by atoms with Crippen molar-refractivity contribution in [1.82, 2.24) is 4.72 Å². The van der Waals surface area contributed by atoms with E-state index in [1.165, 1.54) is 24.3 Å². The predicted molar refractivity (Wildman–Crippen MR) is 72.6 cm³/mol. The molecule has 4 nitrogen and oxygen atoms in total. The fraction of sp³-hybridized carbons (Fsp3) is 0.167. The maximum atomic E-state index is 12.7. The van der Waals surface area contributed by atoms with Crippen LogP contribution in [0.15, 0.2) is 39.9 Å². The fourth-order valence-corrected chi connectivity index (χ4v) is 3.74. The Bertz CT molecular complexity index is 651. The van der Waals surface area contributed by atoms with Gasteiger partial charge in [-0.3, -0.25) is 0 Å². The van der Waals surface area contributed by atoms with Crippen molar-refractivity contribution in [2.24, 2.45) is 5.73 Å². The van der Waals surface area contributed by atoms with Gasteiger partial charge in [0, 0.05) is 13.1 Å². The quantitative estimate of drug-likeness (QED) is 0.885. The van der Waals surface area contributed by atoms with E-state index in [4.69, 9.17) is 5.73 Å². The predicted octanol–water partition coefficient (Wildman–Crippen LogP) is 1.82. The number of halogens is 1. The Morgan fingerprint density at radius 1 is 1.21 bits per heavy atom. The van der Waals surface area contributed by atoms with E-state index in [0.29, 0.717) is 12.1 Å². The van der Waals surface area contributed by atoms with Crippen LogP contribution in [0.3, 0.4) is 0 Å². The molecule has 0 aliphatic rings. The van der Waals surface area contributed by atoms with E-state index in [0.717, 1.165) is 16.9 Å². The Morgan fingerprint density at radius 3 is 2.47 bits per heavy atom. The summed E-state index contributed by atoms with van der Waals surface area (Å²) < 4.78 is 39.4. The standard InChI is InChI=1S/C12H13FN2O2S2/c13-11-3-1-9(2-4-11)7-15-19(16,17)12-5-10(6-14)8-18-12/h1-5,8,15H,6-7,14H2. The zero-order chi connectivity index (χ0) is 13.9. The molecular weight excluding hydrogens is 287 g/mol. The van der Waals surface area contributed by atoms with Gasteiger partial charge in [-0.05, 0) is 34.7 Å². The minimum absolute atomic E-state index is 0.123. The van der Waals surface area contributed by atoms with E-state index in [1.54, 1.807) is 11.4 Å². The van der Waals surface area contributed by atoms with Gasteiger partial charge in [0.2, 0.25) is 10.0 Å². The Morgan fingerprint density at radius 2 is 1.89 bits per heavy atom. The minimum Gasteiger partial charge on any atom is -0.326 e. The Hall–Kier alpha value is -1.28. The Balaban J connectivity index is 2.07. The monoisotopic (exact) mass is 300 g/mol. The van der Waals surface area contributed by atoms with Crippen molar-refractivity contribution in [3.63, 3.8) is 0 Å². The first kappa shape index (κ1) is 14.1. The summed E-state index contributed by atoms with van der Waals surface area (Å²) in [6, 6.07) is 7.22. The number of thiophene rings is 1. The summed E-state index contributed by atoms with van der Waals surface area (Å²) >= 11 is 1.13. The van der Waals surface area contributed by atoms with Gasteiger partial charge in [-0.2, -0.15) is 0 Å². The first-order valence-electron chi connectivity index (χ1n) is 5.53. The number of nitrogens with two attached hydrogens (primary N) is 1. The zero-order valence-corrected chi connectivity index (χ0v) is 11.6. The SMILES string of the molecule is NCc1csc(S(=O)(=O)NCc2ccc(F)cc2)c1.